The normalized spacial score (nSPS) is 13.4. The number of aromatic nitrogens is 1. The highest BCUT2D eigenvalue weighted by Crippen LogP contribution is 2.16. The fraction of sp³-hybridized carbons (Fsp3) is 0.733. The van der Waals surface area contributed by atoms with Gasteiger partial charge in [-0.15, -0.1) is 0 Å². The van der Waals surface area contributed by atoms with Crippen LogP contribution in [-0.2, 0) is 13.6 Å². The van der Waals surface area contributed by atoms with Crippen LogP contribution < -0.4 is 5.32 Å². The van der Waals surface area contributed by atoms with Crippen LogP contribution in [0.5, 0.6) is 0 Å². The molecule has 1 heterocycles. The minimum atomic E-state index is 0.602. The Morgan fingerprint density at radius 2 is 1.82 bits per heavy atom. The smallest absolute Gasteiger partial charge is 0.0225 e. The predicted molar refractivity (Wildman–Crippen MR) is 75.3 cm³/mol. The lowest BCUT2D eigenvalue weighted by atomic mass is 9.95. The SMILES string of the molecule is CCC(CC)C(C)NCc1cc(C)n(C)c1C. The average Bonchev–Trinajstić information content (AvgIpc) is 2.56. The summed E-state index contributed by atoms with van der Waals surface area (Å²) in [5.74, 6) is 0.792. The van der Waals surface area contributed by atoms with Crippen LogP contribution in [0.2, 0.25) is 0 Å². The molecule has 0 aromatic carbocycles. The summed E-state index contributed by atoms with van der Waals surface area (Å²) in [6.45, 7) is 12.2. The van der Waals surface area contributed by atoms with E-state index < -0.39 is 0 Å². The van der Waals surface area contributed by atoms with E-state index in [4.69, 9.17) is 0 Å². The van der Waals surface area contributed by atoms with E-state index in [-0.39, 0.29) is 0 Å². The summed E-state index contributed by atoms with van der Waals surface area (Å²) in [7, 11) is 2.14. The second kappa shape index (κ2) is 6.25. The van der Waals surface area contributed by atoms with Gasteiger partial charge in [0.15, 0.2) is 0 Å². The van der Waals surface area contributed by atoms with Crippen LogP contribution in [0.4, 0.5) is 0 Å². The van der Waals surface area contributed by atoms with Gasteiger partial charge in [-0.1, -0.05) is 26.7 Å². The number of nitrogens with zero attached hydrogens (tertiary/aromatic N) is 1. The summed E-state index contributed by atoms with van der Waals surface area (Å²) in [4.78, 5) is 0. The zero-order valence-corrected chi connectivity index (χ0v) is 12.3. The Morgan fingerprint density at radius 3 is 2.24 bits per heavy atom. The zero-order chi connectivity index (χ0) is 13.0. The lowest BCUT2D eigenvalue weighted by molar-refractivity contribution is 0.353. The van der Waals surface area contributed by atoms with Gasteiger partial charge in [0.2, 0.25) is 0 Å². The first-order chi connectivity index (χ1) is 8.01. The van der Waals surface area contributed by atoms with Gasteiger partial charge in [0.05, 0.1) is 0 Å². The van der Waals surface area contributed by atoms with Crippen molar-refractivity contribution < 1.29 is 0 Å². The largest absolute Gasteiger partial charge is 0.352 e. The van der Waals surface area contributed by atoms with Gasteiger partial charge < -0.3 is 9.88 Å². The van der Waals surface area contributed by atoms with Crippen LogP contribution >= 0.6 is 0 Å². The van der Waals surface area contributed by atoms with Gasteiger partial charge in [0.1, 0.15) is 0 Å². The van der Waals surface area contributed by atoms with Crippen LogP contribution in [0.15, 0.2) is 6.07 Å². The lowest BCUT2D eigenvalue weighted by Crippen LogP contribution is -2.32. The molecule has 1 unspecified atom stereocenters. The first kappa shape index (κ1) is 14.3. The average molecular weight is 236 g/mol. The van der Waals surface area contributed by atoms with Gasteiger partial charge in [0.25, 0.3) is 0 Å². The molecular weight excluding hydrogens is 208 g/mol. The molecule has 0 spiro atoms. The van der Waals surface area contributed by atoms with E-state index in [1.54, 1.807) is 0 Å². The standard InChI is InChI=1S/C15H28N2/c1-7-14(8-2)12(4)16-10-15-9-11(3)17(6)13(15)5/h9,12,14,16H,7-8,10H2,1-6H3. The third-order valence-electron chi connectivity index (χ3n) is 4.25. The summed E-state index contributed by atoms with van der Waals surface area (Å²) >= 11 is 0. The van der Waals surface area contributed by atoms with Crippen molar-refractivity contribution in [2.75, 3.05) is 0 Å². The van der Waals surface area contributed by atoms with Gasteiger partial charge in [-0.05, 0) is 38.3 Å². The molecule has 98 valence electrons. The van der Waals surface area contributed by atoms with Gasteiger partial charge in [-0.2, -0.15) is 0 Å². The minimum absolute atomic E-state index is 0.602. The third kappa shape index (κ3) is 3.35. The van der Waals surface area contributed by atoms with E-state index in [1.165, 1.54) is 29.8 Å². The monoisotopic (exact) mass is 236 g/mol. The first-order valence-electron chi connectivity index (χ1n) is 6.86. The van der Waals surface area contributed by atoms with Crippen molar-refractivity contribution in [3.8, 4) is 0 Å². The molecule has 1 aromatic rings. The predicted octanol–water partition coefficient (Wildman–Crippen LogP) is 3.56. The second-order valence-corrected chi connectivity index (χ2v) is 5.20. The van der Waals surface area contributed by atoms with E-state index >= 15 is 0 Å². The molecular formula is C15H28N2. The molecule has 1 N–H and O–H groups in total. The Labute approximate surface area is 106 Å². The topological polar surface area (TPSA) is 17.0 Å². The molecule has 0 saturated heterocycles. The highest BCUT2D eigenvalue weighted by Gasteiger charge is 2.13. The quantitative estimate of drug-likeness (QED) is 0.799. The summed E-state index contributed by atoms with van der Waals surface area (Å²) in [6, 6.07) is 2.90. The lowest BCUT2D eigenvalue weighted by Gasteiger charge is -2.22. The van der Waals surface area contributed by atoms with Gasteiger partial charge in [-0.3, -0.25) is 0 Å². The third-order valence-corrected chi connectivity index (χ3v) is 4.25. The van der Waals surface area contributed by atoms with E-state index in [0.717, 1.165) is 12.5 Å². The highest BCUT2D eigenvalue weighted by molar-refractivity contribution is 5.26. The highest BCUT2D eigenvalue weighted by atomic mass is 15.0. The summed E-state index contributed by atoms with van der Waals surface area (Å²) in [5.41, 5.74) is 4.16. The number of hydrogen-bond donors (Lipinski definition) is 1. The summed E-state index contributed by atoms with van der Waals surface area (Å²) in [5, 5.41) is 3.67. The molecule has 1 rings (SSSR count). The number of rotatable bonds is 6. The molecule has 1 aromatic heterocycles. The first-order valence-corrected chi connectivity index (χ1v) is 6.86. The van der Waals surface area contributed by atoms with Crippen molar-refractivity contribution in [1.29, 1.82) is 0 Å². The van der Waals surface area contributed by atoms with Crippen molar-refractivity contribution in [2.45, 2.75) is 60.0 Å². The van der Waals surface area contributed by atoms with Gasteiger partial charge in [-0.25, -0.2) is 0 Å². The van der Waals surface area contributed by atoms with Crippen LogP contribution in [0.25, 0.3) is 0 Å². The molecule has 2 nitrogen and oxygen atoms in total. The molecule has 1 atom stereocenters. The van der Waals surface area contributed by atoms with Crippen molar-refractivity contribution in [1.82, 2.24) is 9.88 Å². The van der Waals surface area contributed by atoms with Crippen molar-refractivity contribution in [3.05, 3.63) is 23.0 Å². The number of aryl methyl sites for hydroxylation is 1. The van der Waals surface area contributed by atoms with Crippen LogP contribution in [0.3, 0.4) is 0 Å². The Bertz CT molecular complexity index is 348. The van der Waals surface area contributed by atoms with Crippen molar-refractivity contribution >= 4 is 0 Å². The molecule has 17 heavy (non-hydrogen) atoms. The van der Waals surface area contributed by atoms with E-state index in [0.29, 0.717) is 6.04 Å². The van der Waals surface area contributed by atoms with Crippen molar-refractivity contribution in [2.24, 2.45) is 13.0 Å². The maximum Gasteiger partial charge on any atom is 0.0225 e. The second-order valence-electron chi connectivity index (χ2n) is 5.20. The molecule has 0 aliphatic carbocycles. The molecule has 0 amide bonds. The van der Waals surface area contributed by atoms with Crippen LogP contribution in [-0.4, -0.2) is 10.6 Å². The van der Waals surface area contributed by atoms with Crippen LogP contribution in [0.1, 0.15) is 50.6 Å². The molecule has 0 aliphatic heterocycles. The molecule has 0 bridgehead atoms. The van der Waals surface area contributed by atoms with E-state index in [2.05, 4.69) is 57.6 Å². The summed E-state index contributed by atoms with van der Waals surface area (Å²) in [6.07, 6.45) is 2.52. The van der Waals surface area contributed by atoms with Gasteiger partial charge >= 0.3 is 0 Å². The fourth-order valence-electron chi connectivity index (χ4n) is 2.55. The number of hydrogen-bond acceptors (Lipinski definition) is 1. The molecule has 0 aliphatic rings. The maximum atomic E-state index is 3.67. The van der Waals surface area contributed by atoms with Gasteiger partial charge in [0, 0.05) is 31.0 Å². The molecule has 0 radical (unpaired) electrons. The Morgan fingerprint density at radius 1 is 1.24 bits per heavy atom. The molecule has 0 saturated carbocycles. The Kier molecular flexibility index (Phi) is 5.26. The maximum absolute atomic E-state index is 3.67. The van der Waals surface area contributed by atoms with E-state index in [1.807, 2.05) is 0 Å². The summed E-state index contributed by atoms with van der Waals surface area (Å²) < 4.78 is 2.26. The molecule has 2 heteroatoms. The Hall–Kier alpha value is -0.760. The number of nitrogens with one attached hydrogen (secondary N) is 1. The van der Waals surface area contributed by atoms with E-state index in [9.17, 15) is 0 Å². The van der Waals surface area contributed by atoms with Crippen LogP contribution in [0, 0.1) is 19.8 Å². The van der Waals surface area contributed by atoms with Crippen molar-refractivity contribution in [3.63, 3.8) is 0 Å². The minimum Gasteiger partial charge on any atom is -0.352 e. The molecule has 0 fully saturated rings. The Balaban J connectivity index is 2.58. The fourth-order valence-corrected chi connectivity index (χ4v) is 2.55. The zero-order valence-electron chi connectivity index (χ0n) is 12.3.